The van der Waals surface area contributed by atoms with Crippen molar-refractivity contribution in [2.45, 2.75) is 116 Å². The van der Waals surface area contributed by atoms with E-state index >= 15 is 0 Å². The van der Waals surface area contributed by atoms with Crippen LogP contribution in [0.1, 0.15) is 105 Å². The summed E-state index contributed by atoms with van der Waals surface area (Å²) in [5.74, 6) is 0.920. The Labute approximate surface area is 169 Å². The van der Waals surface area contributed by atoms with Crippen LogP contribution in [0, 0.1) is 16.7 Å². The lowest BCUT2D eigenvalue weighted by Gasteiger charge is -2.54. The Morgan fingerprint density at radius 2 is 1.19 bits per heavy atom. The predicted octanol–water partition coefficient (Wildman–Crippen LogP) is 6.10. The van der Waals surface area contributed by atoms with E-state index in [9.17, 15) is 0 Å². The van der Waals surface area contributed by atoms with Crippen molar-refractivity contribution in [3.63, 3.8) is 0 Å². The SMILES string of the molecule is CC(C)N1CCC2(CCC(C(C)(C)N3CCC4(CCCC4)CC3)CC2)CC1. The van der Waals surface area contributed by atoms with E-state index in [-0.39, 0.29) is 0 Å². The van der Waals surface area contributed by atoms with Crippen molar-refractivity contribution < 1.29 is 0 Å². The van der Waals surface area contributed by atoms with Gasteiger partial charge in [-0.1, -0.05) is 12.8 Å². The van der Waals surface area contributed by atoms with Crippen molar-refractivity contribution in [3.8, 4) is 0 Å². The fourth-order valence-corrected chi connectivity index (χ4v) is 7.39. The first-order chi connectivity index (χ1) is 12.8. The Morgan fingerprint density at radius 3 is 1.70 bits per heavy atom. The third-order valence-electron chi connectivity index (χ3n) is 9.94. The molecule has 4 aliphatic rings. The van der Waals surface area contributed by atoms with Crippen molar-refractivity contribution in [1.82, 2.24) is 9.80 Å². The Balaban J connectivity index is 1.30. The summed E-state index contributed by atoms with van der Waals surface area (Å²) in [4.78, 5) is 5.61. The normalized spacial score (nSPS) is 30.6. The molecule has 0 unspecified atom stereocenters. The molecule has 4 fully saturated rings. The molecular formula is C25H46N2. The van der Waals surface area contributed by atoms with Crippen molar-refractivity contribution >= 4 is 0 Å². The summed E-state index contributed by atoms with van der Waals surface area (Å²) < 4.78 is 0. The molecule has 2 saturated carbocycles. The molecule has 2 spiro atoms. The number of likely N-dealkylation sites (tertiary alicyclic amines) is 2. The second kappa shape index (κ2) is 7.63. The van der Waals surface area contributed by atoms with Crippen LogP contribution >= 0.6 is 0 Å². The van der Waals surface area contributed by atoms with Crippen molar-refractivity contribution in [2.75, 3.05) is 26.2 Å². The Bertz CT molecular complexity index is 474. The van der Waals surface area contributed by atoms with Gasteiger partial charge in [-0.25, -0.2) is 0 Å². The maximum Gasteiger partial charge on any atom is 0.0181 e. The molecule has 0 N–H and O–H groups in total. The summed E-state index contributed by atoms with van der Waals surface area (Å²) in [5.41, 5.74) is 1.88. The smallest absolute Gasteiger partial charge is 0.0181 e. The topological polar surface area (TPSA) is 6.48 Å². The molecule has 0 bridgehead atoms. The highest BCUT2D eigenvalue weighted by Gasteiger charge is 2.46. The van der Waals surface area contributed by atoms with E-state index in [0.29, 0.717) is 11.0 Å². The highest BCUT2D eigenvalue weighted by molar-refractivity contribution is 5.00. The highest BCUT2D eigenvalue weighted by Crippen LogP contribution is 2.51. The maximum absolute atomic E-state index is 2.90. The van der Waals surface area contributed by atoms with E-state index in [1.807, 2.05) is 0 Å². The molecule has 0 aromatic rings. The molecule has 0 amide bonds. The lowest BCUT2D eigenvalue weighted by atomic mass is 9.62. The molecule has 2 aliphatic carbocycles. The molecule has 2 heterocycles. The zero-order chi connectivity index (χ0) is 19.1. The second-order valence-corrected chi connectivity index (χ2v) is 11.8. The fourth-order valence-electron chi connectivity index (χ4n) is 7.39. The van der Waals surface area contributed by atoms with Gasteiger partial charge in [0, 0.05) is 11.6 Å². The molecule has 2 heteroatoms. The monoisotopic (exact) mass is 374 g/mol. The highest BCUT2D eigenvalue weighted by atomic mass is 15.2. The van der Waals surface area contributed by atoms with Gasteiger partial charge in [0.25, 0.3) is 0 Å². The standard InChI is InChI=1S/C25H46N2/c1-21(2)26-17-13-25(14-18-26)11-7-22(8-12-25)23(3,4)27-19-15-24(16-20-27)9-5-6-10-24/h21-22H,5-20H2,1-4H3. The van der Waals surface area contributed by atoms with Gasteiger partial charge >= 0.3 is 0 Å². The average Bonchev–Trinajstić information content (AvgIpc) is 3.11. The molecule has 0 aromatic heterocycles. The lowest BCUT2D eigenvalue weighted by Crippen LogP contribution is -2.55. The first-order valence-electron chi connectivity index (χ1n) is 12.3. The molecule has 27 heavy (non-hydrogen) atoms. The first-order valence-corrected chi connectivity index (χ1v) is 12.3. The molecule has 2 nitrogen and oxygen atoms in total. The fraction of sp³-hybridized carbons (Fsp3) is 1.00. The third kappa shape index (κ3) is 4.00. The van der Waals surface area contributed by atoms with Gasteiger partial charge in [-0.3, -0.25) is 4.90 Å². The van der Waals surface area contributed by atoms with E-state index in [0.717, 1.165) is 17.4 Å². The van der Waals surface area contributed by atoms with Crippen LogP contribution in [-0.4, -0.2) is 47.6 Å². The van der Waals surface area contributed by atoms with Gasteiger partial charge in [0.15, 0.2) is 0 Å². The number of hydrogen-bond donors (Lipinski definition) is 0. The summed E-state index contributed by atoms with van der Waals surface area (Å²) >= 11 is 0. The molecule has 2 saturated heterocycles. The van der Waals surface area contributed by atoms with E-state index in [1.54, 1.807) is 0 Å². The first kappa shape index (κ1) is 20.2. The Kier molecular flexibility index (Phi) is 5.71. The zero-order valence-electron chi connectivity index (χ0n) is 18.9. The molecular weight excluding hydrogens is 328 g/mol. The zero-order valence-corrected chi connectivity index (χ0v) is 18.9. The van der Waals surface area contributed by atoms with E-state index in [1.165, 1.54) is 103 Å². The van der Waals surface area contributed by atoms with Gasteiger partial charge in [-0.15, -0.1) is 0 Å². The summed E-state index contributed by atoms with van der Waals surface area (Å²) in [6, 6.07) is 0.736. The molecule has 0 atom stereocenters. The largest absolute Gasteiger partial charge is 0.301 e. The van der Waals surface area contributed by atoms with Gasteiger partial charge in [0.2, 0.25) is 0 Å². The van der Waals surface area contributed by atoms with Crippen LogP contribution in [0.15, 0.2) is 0 Å². The quantitative estimate of drug-likeness (QED) is 0.588. The summed E-state index contributed by atoms with van der Waals surface area (Å²) in [7, 11) is 0. The van der Waals surface area contributed by atoms with Crippen molar-refractivity contribution in [1.29, 1.82) is 0 Å². The molecule has 2 aliphatic heterocycles. The minimum Gasteiger partial charge on any atom is -0.301 e. The Morgan fingerprint density at radius 1 is 0.704 bits per heavy atom. The van der Waals surface area contributed by atoms with Crippen LogP contribution in [0.25, 0.3) is 0 Å². The van der Waals surface area contributed by atoms with Crippen molar-refractivity contribution in [3.05, 3.63) is 0 Å². The van der Waals surface area contributed by atoms with E-state index < -0.39 is 0 Å². The molecule has 4 rings (SSSR count). The third-order valence-corrected chi connectivity index (χ3v) is 9.94. The molecule has 0 radical (unpaired) electrons. The van der Waals surface area contributed by atoms with Crippen LogP contribution in [-0.2, 0) is 0 Å². The van der Waals surface area contributed by atoms with E-state index in [4.69, 9.17) is 0 Å². The molecule has 156 valence electrons. The maximum atomic E-state index is 2.90. The van der Waals surface area contributed by atoms with Gasteiger partial charge in [-0.05, 0) is 135 Å². The van der Waals surface area contributed by atoms with Gasteiger partial charge < -0.3 is 4.90 Å². The van der Waals surface area contributed by atoms with Gasteiger partial charge in [-0.2, -0.15) is 0 Å². The summed E-state index contributed by atoms with van der Waals surface area (Å²) in [5, 5.41) is 0. The number of rotatable bonds is 3. The van der Waals surface area contributed by atoms with Gasteiger partial charge in [0.05, 0.1) is 0 Å². The van der Waals surface area contributed by atoms with Crippen LogP contribution in [0.2, 0.25) is 0 Å². The summed E-state index contributed by atoms with van der Waals surface area (Å²) in [6.45, 7) is 15.3. The van der Waals surface area contributed by atoms with Crippen LogP contribution < -0.4 is 0 Å². The van der Waals surface area contributed by atoms with E-state index in [2.05, 4.69) is 37.5 Å². The average molecular weight is 375 g/mol. The predicted molar refractivity (Wildman–Crippen MR) is 116 cm³/mol. The minimum atomic E-state index is 0.417. The number of nitrogens with zero attached hydrogens (tertiary/aromatic N) is 2. The van der Waals surface area contributed by atoms with Crippen molar-refractivity contribution in [2.24, 2.45) is 16.7 Å². The molecule has 0 aromatic carbocycles. The number of hydrogen-bond acceptors (Lipinski definition) is 2. The van der Waals surface area contributed by atoms with Crippen LogP contribution in [0.4, 0.5) is 0 Å². The number of piperidine rings is 2. The lowest BCUT2D eigenvalue weighted by molar-refractivity contribution is -0.0322. The van der Waals surface area contributed by atoms with Crippen LogP contribution in [0.3, 0.4) is 0 Å². The van der Waals surface area contributed by atoms with Gasteiger partial charge in [0.1, 0.15) is 0 Å². The summed E-state index contributed by atoms with van der Waals surface area (Å²) in [6.07, 6.45) is 17.9. The second-order valence-electron chi connectivity index (χ2n) is 11.8. The minimum absolute atomic E-state index is 0.417. The Hall–Kier alpha value is -0.0800. The van der Waals surface area contributed by atoms with Crippen LogP contribution in [0.5, 0.6) is 0 Å².